The van der Waals surface area contributed by atoms with E-state index in [2.05, 4.69) is 14.5 Å². The van der Waals surface area contributed by atoms with Crippen LogP contribution in [0.5, 0.6) is 0 Å². The highest BCUT2D eigenvalue weighted by Crippen LogP contribution is 2.16. The lowest BCUT2D eigenvalue weighted by Crippen LogP contribution is -2.04. The second-order valence-electron chi connectivity index (χ2n) is 3.33. The maximum atomic E-state index is 5.48. The van der Waals surface area contributed by atoms with E-state index in [0.717, 1.165) is 17.5 Å². The maximum absolute atomic E-state index is 5.48. The minimum Gasteiger partial charge on any atom is -0.330 e. The highest BCUT2D eigenvalue weighted by Gasteiger charge is 2.03. The Labute approximate surface area is 98.9 Å². The first-order valence-corrected chi connectivity index (χ1v) is 6.11. The topological polar surface area (TPSA) is 56.7 Å². The number of nitrogens with two attached hydrogens (primary N) is 1. The molecular weight excluding hydrogens is 220 g/mol. The monoisotopic (exact) mass is 234 g/mol. The second kappa shape index (κ2) is 5.67. The van der Waals surface area contributed by atoms with Crippen molar-refractivity contribution < 1.29 is 0 Å². The Morgan fingerprint density at radius 1 is 1.25 bits per heavy atom. The van der Waals surface area contributed by atoms with Crippen molar-refractivity contribution in [3.8, 4) is 0 Å². The summed E-state index contributed by atoms with van der Waals surface area (Å²) < 4.78 is 2.12. The fourth-order valence-corrected chi connectivity index (χ4v) is 2.12. The molecule has 0 aromatic carbocycles. The third-order valence-corrected chi connectivity index (χ3v) is 3.17. The summed E-state index contributed by atoms with van der Waals surface area (Å²) in [4.78, 5) is 8.30. The van der Waals surface area contributed by atoms with Crippen LogP contribution in [0.25, 0.3) is 0 Å². The van der Waals surface area contributed by atoms with Gasteiger partial charge in [0.15, 0.2) is 5.16 Å². The number of thioether (sulfide) groups is 1. The van der Waals surface area contributed by atoms with E-state index >= 15 is 0 Å². The van der Waals surface area contributed by atoms with Gasteiger partial charge in [0.2, 0.25) is 0 Å². The Kier molecular flexibility index (Phi) is 3.96. The van der Waals surface area contributed by atoms with Crippen molar-refractivity contribution in [3.63, 3.8) is 0 Å². The molecule has 0 aliphatic heterocycles. The lowest BCUT2D eigenvalue weighted by Gasteiger charge is -2.06. The number of nitrogens with zero attached hydrogens (tertiary/aromatic N) is 3. The summed E-state index contributed by atoms with van der Waals surface area (Å²) in [7, 11) is 0. The summed E-state index contributed by atoms with van der Waals surface area (Å²) in [6.07, 6.45) is 7.41. The zero-order valence-corrected chi connectivity index (χ0v) is 9.73. The van der Waals surface area contributed by atoms with Crippen LogP contribution in [-0.4, -0.2) is 26.8 Å². The Morgan fingerprint density at radius 2 is 2.06 bits per heavy atom. The molecule has 0 saturated carbocycles. The normalized spacial score (nSPS) is 10.6. The third kappa shape index (κ3) is 2.84. The van der Waals surface area contributed by atoms with Gasteiger partial charge in [-0.1, -0.05) is 11.8 Å². The Hall–Kier alpha value is -1.33. The van der Waals surface area contributed by atoms with E-state index < -0.39 is 0 Å². The molecule has 0 aliphatic rings. The molecule has 0 spiro atoms. The fraction of sp³-hybridized carbons (Fsp3) is 0.273. The highest BCUT2D eigenvalue weighted by molar-refractivity contribution is 7.99. The van der Waals surface area contributed by atoms with Crippen LogP contribution in [-0.2, 0) is 6.54 Å². The molecule has 5 heteroatoms. The molecule has 0 aliphatic carbocycles. The van der Waals surface area contributed by atoms with Gasteiger partial charge in [-0.3, -0.25) is 4.98 Å². The molecule has 0 radical (unpaired) electrons. The number of hydrogen-bond acceptors (Lipinski definition) is 4. The van der Waals surface area contributed by atoms with Crippen LogP contribution < -0.4 is 5.73 Å². The van der Waals surface area contributed by atoms with E-state index in [0.29, 0.717) is 6.54 Å². The molecule has 2 N–H and O–H groups in total. The number of hydrogen-bond donors (Lipinski definition) is 1. The van der Waals surface area contributed by atoms with Crippen molar-refractivity contribution in [1.29, 1.82) is 0 Å². The van der Waals surface area contributed by atoms with E-state index in [1.807, 2.05) is 24.5 Å². The average molecular weight is 234 g/mol. The molecule has 0 atom stereocenters. The van der Waals surface area contributed by atoms with Crippen molar-refractivity contribution in [3.05, 3.63) is 42.5 Å². The highest BCUT2D eigenvalue weighted by atomic mass is 32.2. The standard InChI is InChI=1S/C11H14N4S/c12-3-8-16-11-14-6-7-15(11)9-10-1-4-13-5-2-10/h1-2,4-7H,3,8-9,12H2. The quantitative estimate of drug-likeness (QED) is 0.794. The summed E-state index contributed by atoms with van der Waals surface area (Å²) >= 11 is 1.68. The van der Waals surface area contributed by atoms with Crippen molar-refractivity contribution in [2.45, 2.75) is 11.7 Å². The summed E-state index contributed by atoms with van der Waals surface area (Å²) in [5, 5.41) is 1.02. The van der Waals surface area contributed by atoms with E-state index in [-0.39, 0.29) is 0 Å². The van der Waals surface area contributed by atoms with Crippen molar-refractivity contribution in [1.82, 2.24) is 14.5 Å². The largest absolute Gasteiger partial charge is 0.330 e. The van der Waals surface area contributed by atoms with Crippen LogP contribution in [0.15, 0.2) is 42.1 Å². The average Bonchev–Trinajstić information content (AvgIpc) is 2.75. The van der Waals surface area contributed by atoms with Crippen molar-refractivity contribution in [2.75, 3.05) is 12.3 Å². The van der Waals surface area contributed by atoms with Gasteiger partial charge in [-0.15, -0.1) is 0 Å². The van der Waals surface area contributed by atoms with Crippen LogP contribution in [0, 0.1) is 0 Å². The summed E-state index contributed by atoms with van der Waals surface area (Å²) in [5.41, 5.74) is 6.71. The molecule has 2 aromatic rings. The molecule has 4 nitrogen and oxygen atoms in total. The zero-order chi connectivity index (χ0) is 11.2. The third-order valence-electron chi connectivity index (χ3n) is 2.13. The smallest absolute Gasteiger partial charge is 0.168 e. The van der Waals surface area contributed by atoms with Crippen LogP contribution >= 0.6 is 11.8 Å². The first-order chi connectivity index (χ1) is 7.90. The summed E-state index contributed by atoms with van der Waals surface area (Å²) in [6.45, 7) is 1.50. The van der Waals surface area contributed by atoms with Gasteiger partial charge in [-0.2, -0.15) is 0 Å². The Balaban J connectivity index is 2.07. The zero-order valence-electron chi connectivity index (χ0n) is 8.91. The van der Waals surface area contributed by atoms with Gasteiger partial charge in [0.1, 0.15) is 0 Å². The van der Waals surface area contributed by atoms with Gasteiger partial charge < -0.3 is 10.3 Å². The van der Waals surface area contributed by atoms with E-state index in [9.17, 15) is 0 Å². The molecule has 0 amide bonds. The lowest BCUT2D eigenvalue weighted by molar-refractivity contribution is 0.708. The molecular formula is C11H14N4S. The van der Waals surface area contributed by atoms with E-state index in [4.69, 9.17) is 5.73 Å². The number of aromatic nitrogens is 3. The molecule has 0 saturated heterocycles. The molecule has 2 heterocycles. The molecule has 84 valence electrons. The van der Waals surface area contributed by atoms with Gasteiger partial charge in [-0.05, 0) is 17.7 Å². The van der Waals surface area contributed by atoms with Crippen LogP contribution in [0.4, 0.5) is 0 Å². The minimum absolute atomic E-state index is 0.673. The van der Waals surface area contributed by atoms with E-state index in [1.165, 1.54) is 5.56 Å². The van der Waals surface area contributed by atoms with Crippen molar-refractivity contribution in [2.24, 2.45) is 5.73 Å². The molecule has 0 bridgehead atoms. The fourth-order valence-electron chi connectivity index (χ4n) is 1.39. The van der Waals surface area contributed by atoms with E-state index in [1.54, 1.807) is 24.2 Å². The number of imidazole rings is 1. The Morgan fingerprint density at radius 3 is 2.81 bits per heavy atom. The summed E-state index contributed by atoms with van der Waals surface area (Å²) in [5.74, 6) is 0.896. The molecule has 0 fully saturated rings. The van der Waals surface area contributed by atoms with Gasteiger partial charge in [0, 0.05) is 43.6 Å². The van der Waals surface area contributed by atoms with Gasteiger partial charge >= 0.3 is 0 Å². The molecule has 2 aromatic heterocycles. The van der Waals surface area contributed by atoms with Crippen LogP contribution in [0.2, 0.25) is 0 Å². The SMILES string of the molecule is NCCSc1nccn1Cc1ccncc1. The molecule has 16 heavy (non-hydrogen) atoms. The van der Waals surface area contributed by atoms with Gasteiger partial charge in [-0.25, -0.2) is 4.98 Å². The molecule has 2 rings (SSSR count). The first-order valence-electron chi connectivity index (χ1n) is 5.13. The number of rotatable bonds is 5. The summed E-state index contributed by atoms with van der Waals surface area (Å²) in [6, 6.07) is 4.02. The van der Waals surface area contributed by atoms with Crippen molar-refractivity contribution >= 4 is 11.8 Å². The lowest BCUT2D eigenvalue weighted by atomic mass is 10.3. The molecule has 0 unspecified atom stereocenters. The van der Waals surface area contributed by atoms with Crippen LogP contribution in [0.1, 0.15) is 5.56 Å². The maximum Gasteiger partial charge on any atom is 0.168 e. The van der Waals surface area contributed by atoms with Gasteiger partial charge in [0.25, 0.3) is 0 Å². The van der Waals surface area contributed by atoms with Crippen LogP contribution in [0.3, 0.4) is 0 Å². The number of pyridine rings is 1. The predicted molar refractivity (Wildman–Crippen MR) is 65.3 cm³/mol. The Bertz CT molecular complexity index is 427. The predicted octanol–water partition coefficient (Wildman–Crippen LogP) is 1.38. The first kappa shape index (κ1) is 11.2. The second-order valence-corrected chi connectivity index (χ2v) is 4.39. The van der Waals surface area contributed by atoms with Gasteiger partial charge in [0.05, 0.1) is 0 Å². The minimum atomic E-state index is 0.673.